The normalized spacial score (nSPS) is 14.2. The lowest BCUT2D eigenvalue weighted by molar-refractivity contribution is 0.153. The van der Waals surface area contributed by atoms with Crippen LogP contribution < -0.4 is 5.73 Å². The molecular weight excluding hydrogens is 128 g/mol. The Balaban J connectivity index is 4.03. The van der Waals surface area contributed by atoms with Crippen molar-refractivity contribution >= 4 is 17.6 Å². The van der Waals surface area contributed by atoms with Crippen LogP contribution in [0.15, 0.2) is 4.51 Å². The van der Waals surface area contributed by atoms with Gasteiger partial charge in [0.25, 0.3) is 0 Å². The van der Waals surface area contributed by atoms with Gasteiger partial charge in [0.05, 0.1) is 0 Å². The van der Waals surface area contributed by atoms with Crippen LogP contribution in [0.3, 0.4) is 0 Å². The van der Waals surface area contributed by atoms with Crippen LogP contribution in [0.1, 0.15) is 13.8 Å². The van der Waals surface area contributed by atoms with E-state index in [0.29, 0.717) is 0 Å². The maximum Gasteiger partial charge on any atom is 0.145 e. The van der Waals surface area contributed by atoms with Crippen LogP contribution in [0.4, 0.5) is 0 Å². The minimum absolute atomic E-state index is 0.0270. The number of hydrogen-bond donors (Lipinski definition) is 2. The maximum atomic E-state index is 8.95. The highest BCUT2D eigenvalue weighted by molar-refractivity contribution is 6.20. The van der Waals surface area contributed by atoms with Crippen LogP contribution in [-0.2, 0) is 0 Å². The smallest absolute Gasteiger partial charge is 0.145 e. The number of nitrogens with zero attached hydrogens (tertiary/aromatic N) is 1. The van der Waals surface area contributed by atoms with Gasteiger partial charge >= 0.3 is 0 Å². The summed E-state index contributed by atoms with van der Waals surface area (Å²) in [5.41, 5.74) is 4.02. The Bertz CT molecular complexity index is 105. The number of amidine groups is 1. The van der Waals surface area contributed by atoms with Gasteiger partial charge in [0.2, 0.25) is 0 Å². The van der Waals surface area contributed by atoms with Crippen LogP contribution in [-0.4, -0.2) is 16.5 Å². The lowest BCUT2D eigenvalue weighted by atomic mass is 10.1. The summed E-state index contributed by atoms with van der Waals surface area (Å²) in [5.74, 6) is 0.0270. The predicted molar refractivity (Wildman–Crippen MR) is 33.8 cm³/mol. The molecule has 0 radical (unpaired) electrons. The molecule has 0 amide bonds. The molecule has 0 aromatic heterocycles. The van der Waals surface area contributed by atoms with Crippen molar-refractivity contribution in [2.75, 3.05) is 0 Å². The summed E-state index contributed by atoms with van der Waals surface area (Å²) < 4.78 is 3.08. The molecule has 0 aliphatic rings. The zero-order valence-electron chi connectivity index (χ0n) is 4.85. The van der Waals surface area contributed by atoms with Gasteiger partial charge in [-0.15, -0.1) is 0 Å². The van der Waals surface area contributed by atoms with Crippen LogP contribution in [0, 0.1) is 0 Å². The molecule has 0 saturated carbocycles. The van der Waals surface area contributed by atoms with Gasteiger partial charge in [-0.1, -0.05) is 0 Å². The van der Waals surface area contributed by atoms with E-state index in [1.54, 1.807) is 0 Å². The Labute approximate surface area is 53.3 Å². The quantitative estimate of drug-likeness (QED) is 0.402. The molecule has 0 saturated heterocycles. The molecule has 3 N–H and O–H groups in total. The van der Waals surface area contributed by atoms with Crippen LogP contribution in [0.2, 0.25) is 0 Å². The van der Waals surface area contributed by atoms with Gasteiger partial charge in [-0.2, -0.15) is 4.51 Å². The van der Waals surface area contributed by atoms with Crippen LogP contribution in [0.25, 0.3) is 0 Å². The third-order valence-corrected chi connectivity index (χ3v) is 0.900. The lowest BCUT2D eigenvalue weighted by Crippen LogP contribution is -2.37. The fourth-order valence-corrected chi connectivity index (χ4v) is 0.310. The summed E-state index contributed by atoms with van der Waals surface area (Å²) in [4.78, 5) is 0. The van der Waals surface area contributed by atoms with Gasteiger partial charge in [0.15, 0.2) is 0 Å². The van der Waals surface area contributed by atoms with Crippen LogP contribution >= 0.6 is 11.8 Å². The molecule has 0 atom stereocenters. The van der Waals surface area contributed by atoms with Gasteiger partial charge < -0.3 is 10.8 Å². The second kappa shape index (κ2) is 2.33. The van der Waals surface area contributed by atoms with E-state index in [1.807, 2.05) is 0 Å². The van der Waals surface area contributed by atoms with Gasteiger partial charge in [0, 0.05) is 11.8 Å². The Morgan fingerprint density at radius 3 is 2.12 bits per heavy atom. The van der Waals surface area contributed by atoms with Crippen LogP contribution in [0.5, 0.6) is 0 Å². The van der Waals surface area contributed by atoms with Crippen molar-refractivity contribution in [3.8, 4) is 0 Å². The highest BCUT2D eigenvalue weighted by atomic mass is 35.5. The summed E-state index contributed by atoms with van der Waals surface area (Å²) >= 11 is 4.94. The standard InChI is InChI=1S/C4H9ClN2O/c1-4(2,8)3(6)7-5/h8H,1-2H3,(H2,6,7). The number of aliphatic hydroxyl groups is 1. The summed E-state index contributed by atoms with van der Waals surface area (Å²) in [5, 5.41) is 8.95. The van der Waals surface area contributed by atoms with E-state index < -0.39 is 5.60 Å². The number of nitrogens with two attached hydrogens (primary N) is 1. The Morgan fingerprint density at radius 1 is 1.75 bits per heavy atom. The van der Waals surface area contributed by atoms with Crippen molar-refractivity contribution in [3.63, 3.8) is 0 Å². The topological polar surface area (TPSA) is 58.6 Å². The van der Waals surface area contributed by atoms with Crippen molar-refractivity contribution in [1.29, 1.82) is 0 Å². The zero-order chi connectivity index (χ0) is 6.78. The molecule has 0 aliphatic carbocycles. The summed E-state index contributed by atoms with van der Waals surface area (Å²) in [7, 11) is 0. The maximum absolute atomic E-state index is 8.95. The Morgan fingerprint density at radius 2 is 2.12 bits per heavy atom. The van der Waals surface area contributed by atoms with Gasteiger partial charge in [-0.3, -0.25) is 0 Å². The van der Waals surface area contributed by atoms with E-state index in [9.17, 15) is 0 Å². The molecular formula is C4H9ClN2O. The minimum Gasteiger partial charge on any atom is -0.384 e. The number of halogens is 1. The molecule has 0 heterocycles. The van der Waals surface area contributed by atoms with Gasteiger partial charge in [-0.05, 0) is 13.8 Å². The van der Waals surface area contributed by atoms with Crippen molar-refractivity contribution in [2.24, 2.45) is 10.2 Å². The van der Waals surface area contributed by atoms with Crippen molar-refractivity contribution in [3.05, 3.63) is 0 Å². The molecule has 8 heavy (non-hydrogen) atoms. The molecule has 0 rings (SSSR count). The second-order valence-electron chi connectivity index (χ2n) is 2.03. The molecule has 0 fully saturated rings. The largest absolute Gasteiger partial charge is 0.384 e. The van der Waals surface area contributed by atoms with E-state index in [-0.39, 0.29) is 5.84 Å². The molecule has 3 nitrogen and oxygen atoms in total. The van der Waals surface area contributed by atoms with E-state index >= 15 is 0 Å². The first-order valence-electron chi connectivity index (χ1n) is 2.15. The fourth-order valence-electron chi connectivity index (χ4n) is 0.103. The highest BCUT2D eigenvalue weighted by Crippen LogP contribution is 2.00. The number of rotatable bonds is 1. The van der Waals surface area contributed by atoms with E-state index in [2.05, 4.69) is 4.51 Å². The highest BCUT2D eigenvalue weighted by Gasteiger charge is 2.16. The monoisotopic (exact) mass is 136 g/mol. The Hall–Kier alpha value is -0.280. The van der Waals surface area contributed by atoms with Crippen molar-refractivity contribution < 1.29 is 5.11 Å². The second-order valence-corrected chi connectivity index (χ2v) is 2.20. The minimum atomic E-state index is -1.10. The van der Waals surface area contributed by atoms with Gasteiger partial charge in [0.1, 0.15) is 11.4 Å². The molecule has 0 unspecified atom stereocenters. The van der Waals surface area contributed by atoms with Crippen molar-refractivity contribution in [2.45, 2.75) is 19.4 Å². The summed E-state index contributed by atoms with van der Waals surface area (Å²) in [6.45, 7) is 3.02. The first-order chi connectivity index (χ1) is 3.48. The SMILES string of the molecule is CC(C)(O)C(N)=NCl. The molecule has 4 heteroatoms. The molecule has 0 bridgehead atoms. The summed E-state index contributed by atoms with van der Waals surface area (Å²) in [6.07, 6.45) is 0. The van der Waals surface area contributed by atoms with Crippen molar-refractivity contribution in [1.82, 2.24) is 0 Å². The van der Waals surface area contributed by atoms with Gasteiger partial charge in [-0.25, -0.2) is 0 Å². The third-order valence-electron chi connectivity index (χ3n) is 0.718. The molecule has 0 aromatic rings. The first kappa shape index (κ1) is 7.72. The first-order valence-corrected chi connectivity index (χ1v) is 2.49. The summed E-state index contributed by atoms with van der Waals surface area (Å²) in [6, 6.07) is 0. The van der Waals surface area contributed by atoms with E-state index in [0.717, 1.165) is 0 Å². The Kier molecular flexibility index (Phi) is 2.25. The number of hydrogen-bond acceptors (Lipinski definition) is 2. The lowest BCUT2D eigenvalue weighted by Gasteiger charge is -2.13. The predicted octanol–water partition coefficient (Wildman–Crippen LogP) is 0.268. The molecule has 48 valence electrons. The average molecular weight is 137 g/mol. The third kappa shape index (κ3) is 2.14. The fraction of sp³-hybridized carbons (Fsp3) is 0.750. The molecule has 0 aliphatic heterocycles. The average Bonchev–Trinajstić information content (AvgIpc) is 1.62. The van der Waals surface area contributed by atoms with E-state index in [4.69, 9.17) is 22.6 Å². The van der Waals surface area contributed by atoms with E-state index in [1.165, 1.54) is 13.8 Å². The molecule has 0 aromatic carbocycles. The molecule has 0 spiro atoms. The zero-order valence-corrected chi connectivity index (χ0v) is 5.61.